The van der Waals surface area contributed by atoms with Crippen molar-refractivity contribution in [2.75, 3.05) is 37.3 Å². The Kier molecular flexibility index (Phi) is 12.7. The molecular weight excluding hydrogens is 599 g/mol. The Labute approximate surface area is 266 Å². The number of carboxylic acids is 1. The van der Waals surface area contributed by atoms with Gasteiger partial charge in [0.25, 0.3) is 0 Å². The molecule has 4 amide bonds. The Morgan fingerprint density at radius 1 is 0.783 bits per heavy atom. The number of carbonyl (C=O) groups excluding carboxylic acids is 3. The molecule has 3 rings (SSSR count). The molecule has 0 saturated heterocycles. The van der Waals surface area contributed by atoms with Gasteiger partial charge in [0.15, 0.2) is 11.5 Å². The van der Waals surface area contributed by atoms with Gasteiger partial charge in [-0.2, -0.15) is 0 Å². The lowest BCUT2D eigenvalue weighted by Gasteiger charge is -2.24. The van der Waals surface area contributed by atoms with Crippen LogP contribution in [-0.4, -0.2) is 50.3 Å². The molecule has 5 N–H and O–H groups in total. The number of nitrogens with one attached hydrogen (secondary N) is 4. The van der Waals surface area contributed by atoms with E-state index in [-0.39, 0.29) is 35.9 Å². The first-order valence-electron chi connectivity index (χ1n) is 14.5. The van der Waals surface area contributed by atoms with Crippen LogP contribution >= 0.6 is 0 Å². The number of anilines is 3. The molecule has 0 aliphatic rings. The van der Waals surface area contributed by atoms with E-state index in [1.54, 1.807) is 24.3 Å². The quantitative estimate of drug-likeness (QED) is 0.139. The number of benzene rings is 3. The number of aliphatic carboxylic acids is 1. The van der Waals surface area contributed by atoms with Gasteiger partial charge in [0.1, 0.15) is 11.6 Å². The largest absolute Gasteiger partial charge is 0.494 e. The van der Waals surface area contributed by atoms with Crippen molar-refractivity contribution in [3.63, 3.8) is 0 Å². The maximum Gasteiger partial charge on any atom is 0.323 e. The predicted octanol–water partition coefficient (Wildman–Crippen LogP) is 5.82. The van der Waals surface area contributed by atoms with Crippen LogP contribution < -0.4 is 35.5 Å². The third kappa shape index (κ3) is 10.1. The van der Waals surface area contributed by atoms with Crippen LogP contribution in [0.4, 0.5) is 26.2 Å². The maximum absolute atomic E-state index is 13.9. The third-order valence-corrected chi connectivity index (χ3v) is 6.92. The first-order chi connectivity index (χ1) is 21.9. The summed E-state index contributed by atoms with van der Waals surface area (Å²) in [5.74, 6) is -2.28. The van der Waals surface area contributed by atoms with E-state index in [1.165, 1.54) is 57.7 Å². The van der Waals surface area contributed by atoms with Gasteiger partial charge < -0.3 is 40.6 Å². The van der Waals surface area contributed by atoms with Gasteiger partial charge in [0.05, 0.1) is 45.2 Å². The summed E-state index contributed by atoms with van der Waals surface area (Å²) in [5.41, 5.74) is 1.12. The molecule has 12 nitrogen and oxygen atoms in total. The van der Waals surface area contributed by atoms with E-state index < -0.39 is 41.6 Å². The topological polar surface area (TPSA) is 164 Å². The number of amides is 4. The molecule has 0 aromatic heterocycles. The fourth-order valence-corrected chi connectivity index (χ4v) is 4.78. The minimum atomic E-state index is -1.12. The predicted molar refractivity (Wildman–Crippen MR) is 171 cm³/mol. The standard InChI is InChI=1S/C33H39FN4O8/c1-19(2)14-21(32(42)36-26(18-31(40)41)20-10-13-27(44-3)29(15-20)46-5)16-30(39)35-22-11-12-25(28(17-22)45-4)38-33(43)37-24-9-7-6-8-23(24)34/h6-13,15,17,19,21,26H,14,16,18H2,1-5H3,(H,35,39)(H,36,42)(H,40,41)(H2,37,38,43)/t21?,26-/m0/s1. The van der Waals surface area contributed by atoms with Crippen LogP contribution in [0.5, 0.6) is 17.2 Å². The number of carbonyl (C=O) groups is 4. The molecule has 3 aromatic carbocycles. The monoisotopic (exact) mass is 638 g/mol. The fourth-order valence-electron chi connectivity index (χ4n) is 4.78. The Morgan fingerprint density at radius 2 is 1.46 bits per heavy atom. The Hall–Kier alpha value is -5.33. The van der Waals surface area contributed by atoms with Crippen LogP contribution in [0, 0.1) is 17.7 Å². The lowest BCUT2D eigenvalue weighted by atomic mass is 9.92. The van der Waals surface area contributed by atoms with Crippen LogP contribution in [0.2, 0.25) is 0 Å². The average Bonchev–Trinajstić information content (AvgIpc) is 3.01. The highest BCUT2D eigenvalue weighted by Crippen LogP contribution is 2.32. The summed E-state index contributed by atoms with van der Waals surface area (Å²) in [5, 5.41) is 20.1. The first kappa shape index (κ1) is 35.2. The van der Waals surface area contributed by atoms with Crippen LogP contribution in [0.3, 0.4) is 0 Å². The Morgan fingerprint density at radius 3 is 2.09 bits per heavy atom. The summed E-state index contributed by atoms with van der Waals surface area (Å²) < 4.78 is 29.9. The second-order valence-corrected chi connectivity index (χ2v) is 10.8. The van der Waals surface area contributed by atoms with E-state index in [4.69, 9.17) is 14.2 Å². The number of rotatable bonds is 15. The van der Waals surface area contributed by atoms with Gasteiger partial charge in [0.2, 0.25) is 11.8 Å². The van der Waals surface area contributed by atoms with Crippen molar-refractivity contribution in [2.45, 2.75) is 39.2 Å². The molecule has 0 spiro atoms. The van der Waals surface area contributed by atoms with Crippen LogP contribution in [0.25, 0.3) is 0 Å². The summed E-state index contributed by atoms with van der Waals surface area (Å²) >= 11 is 0. The molecule has 0 heterocycles. The summed E-state index contributed by atoms with van der Waals surface area (Å²) in [6.07, 6.45) is -0.197. The Balaban J connectivity index is 1.71. The highest BCUT2D eigenvalue weighted by Gasteiger charge is 2.27. The van der Waals surface area contributed by atoms with Crippen LogP contribution in [-0.2, 0) is 14.4 Å². The van der Waals surface area contributed by atoms with Crippen LogP contribution in [0.15, 0.2) is 60.7 Å². The molecule has 0 radical (unpaired) electrons. The molecule has 0 saturated carbocycles. The van der Waals surface area contributed by atoms with Gasteiger partial charge >= 0.3 is 12.0 Å². The molecule has 3 aromatic rings. The van der Waals surface area contributed by atoms with Gasteiger partial charge in [-0.3, -0.25) is 14.4 Å². The van der Waals surface area contributed by atoms with E-state index in [1.807, 2.05) is 13.8 Å². The number of halogens is 1. The van der Waals surface area contributed by atoms with E-state index in [0.717, 1.165) is 0 Å². The lowest BCUT2D eigenvalue weighted by Crippen LogP contribution is -2.37. The number of hydrogen-bond donors (Lipinski definition) is 5. The number of methoxy groups -OCH3 is 3. The SMILES string of the molecule is COc1cc(NC(=O)CC(CC(C)C)C(=O)N[C@@H](CC(=O)O)c2ccc(OC)c(OC)c2)ccc1NC(=O)Nc1ccccc1F. The average molecular weight is 639 g/mol. The summed E-state index contributed by atoms with van der Waals surface area (Å²) in [6, 6.07) is 13.6. The molecule has 1 unspecified atom stereocenters. The van der Waals surface area contributed by atoms with E-state index in [9.17, 15) is 28.7 Å². The second kappa shape index (κ2) is 16.7. The molecule has 0 bridgehead atoms. The third-order valence-electron chi connectivity index (χ3n) is 6.92. The van der Waals surface area contributed by atoms with Gasteiger partial charge in [0, 0.05) is 24.1 Å². The fraction of sp³-hybridized carbons (Fsp3) is 0.333. The van der Waals surface area contributed by atoms with E-state index in [0.29, 0.717) is 29.2 Å². The van der Waals surface area contributed by atoms with E-state index >= 15 is 0 Å². The van der Waals surface area contributed by atoms with Crippen LogP contribution in [0.1, 0.15) is 44.7 Å². The summed E-state index contributed by atoms with van der Waals surface area (Å²) in [7, 11) is 4.32. The summed E-state index contributed by atoms with van der Waals surface area (Å²) in [6.45, 7) is 3.83. The molecule has 0 aliphatic carbocycles. The van der Waals surface area contributed by atoms with Gasteiger partial charge in [-0.25, -0.2) is 9.18 Å². The number of para-hydroxylation sites is 1. The van der Waals surface area contributed by atoms with Gasteiger partial charge in [-0.1, -0.05) is 32.0 Å². The second-order valence-electron chi connectivity index (χ2n) is 10.8. The van der Waals surface area contributed by atoms with Crippen molar-refractivity contribution in [1.82, 2.24) is 5.32 Å². The zero-order valence-electron chi connectivity index (χ0n) is 26.3. The molecule has 2 atom stereocenters. The van der Waals surface area contributed by atoms with Crippen molar-refractivity contribution < 1.29 is 42.9 Å². The maximum atomic E-state index is 13.9. The number of carboxylic acid groups (broad SMARTS) is 1. The van der Waals surface area contributed by atoms with Crippen molar-refractivity contribution in [1.29, 1.82) is 0 Å². The normalized spacial score (nSPS) is 12.0. The molecule has 13 heteroatoms. The Bertz CT molecular complexity index is 1550. The molecule has 0 fully saturated rings. The highest BCUT2D eigenvalue weighted by molar-refractivity contribution is 6.01. The van der Waals surface area contributed by atoms with Crippen molar-refractivity contribution in [3.8, 4) is 17.2 Å². The first-order valence-corrected chi connectivity index (χ1v) is 14.5. The van der Waals surface area contributed by atoms with E-state index in [2.05, 4.69) is 21.3 Å². The van der Waals surface area contributed by atoms with Gasteiger partial charge in [-0.05, 0) is 54.3 Å². The van der Waals surface area contributed by atoms with Crippen molar-refractivity contribution >= 4 is 40.9 Å². The molecule has 246 valence electrons. The minimum absolute atomic E-state index is 0.000783. The lowest BCUT2D eigenvalue weighted by molar-refractivity contribution is -0.138. The summed E-state index contributed by atoms with van der Waals surface area (Å²) in [4.78, 5) is 50.7. The minimum Gasteiger partial charge on any atom is -0.494 e. The zero-order chi connectivity index (χ0) is 33.8. The smallest absolute Gasteiger partial charge is 0.323 e. The zero-order valence-corrected chi connectivity index (χ0v) is 26.3. The number of ether oxygens (including phenoxy) is 3. The van der Waals surface area contributed by atoms with Gasteiger partial charge in [-0.15, -0.1) is 0 Å². The number of hydrogen-bond acceptors (Lipinski definition) is 7. The number of urea groups is 1. The molecule has 0 aliphatic heterocycles. The molecular formula is C33H39FN4O8. The highest BCUT2D eigenvalue weighted by atomic mass is 19.1. The van der Waals surface area contributed by atoms with Crippen molar-refractivity contribution in [3.05, 3.63) is 72.0 Å². The van der Waals surface area contributed by atoms with Crippen molar-refractivity contribution in [2.24, 2.45) is 11.8 Å². The molecule has 46 heavy (non-hydrogen) atoms.